The average molecular weight is 279 g/mol. The van der Waals surface area contributed by atoms with Gasteiger partial charge in [-0.05, 0) is 30.0 Å². The largest absolute Gasteiger partial charge is 0.450 e. The van der Waals surface area contributed by atoms with E-state index in [1.165, 1.54) is 6.92 Å². The molecule has 0 heterocycles. The summed E-state index contributed by atoms with van der Waals surface area (Å²) < 4.78 is 9.92. The van der Waals surface area contributed by atoms with E-state index in [1.807, 2.05) is 6.07 Å². The van der Waals surface area contributed by atoms with Crippen molar-refractivity contribution in [2.75, 3.05) is 11.9 Å². The topological polar surface area (TPSA) is 64.6 Å². The van der Waals surface area contributed by atoms with Crippen molar-refractivity contribution in [2.45, 2.75) is 40.0 Å². The quantitative estimate of drug-likeness (QED) is 0.679. The lowest BCUT2D eigenvalue weighted by atomic mass is 9.87. The second-order valence-corrected chi connectivity index (χ2v) is 5.40. The molecule has 0 radical (unpaired) electrons. The van der Waals surface area contributed by atoms with Crippen molar-refractivity contribution in [3.05, 3.63) is 23.8 Å². The lowest BCUT2D eigenvalue weighted by Gasteiger charge is -2.21. The predicted octanol–water partition coefficient (Wildman–Crippen LogP) is 3.48. The van der Waals surface area contributed by atoms with Crippen molar-refractivity contribution in [3.8, 4) is 5.75 Å². The van der Waals surface area contributed by atoms with Crippen LogP contribution in [-0.4, -0.2) is 18.7 Å². The van der Waals surface area contributed by atoms with Crippen molar-refractivity contribution in [3.63, 3.8) is 0 Å². The van der Waals surface area contributed by atoms with Gasteiger partial charge in [-0.25, -0.2) is 4.79 Å². The minimum atomic E-state index is -0.577. The Morgan fingerprint density at radius 1 is 1.25 bits per heavy atom. The maximum Gasteiger partial charge on any atom is 0.411 e. The van der Waals surface area contributed by atoms with Gasteiger partial charge in [0.15, 0.2) is 5.75 Å². The van der Waals surface area contributed by atoms with E-state index in [9.17, 15) is 9.59 Å². The molecule has 0 saturated heterocycles. The van der Waals surface area contributed by atoms with Crippen molar-refractivity contribution >= 4 is 17.7 Å². The number of carbonyl (C=O) groups excluding carboxylic acids is 2. The van der Waals surface area contributed by atoms with Crippen LogP contribution in [0.1, 0.15) is 40.2 Å². The molecule has 1 rings (SSSR count). The second-order valence-electron chi connectivity index (χ2n) is 5.40. The van der Waals surface area contributed by atoms with Gasteiger partial charge in [-0.15, -0.1) is 0 Å². The van der Waals surface area contributed by atoms with Gasteiger partial charge in [0.2, 0.25) is 0 Å². The first-order valence-corrected chi connectivity index (χ1v) is 6.50. The zero-order valence-electron chi connectivity index (χ0n) is 12.6. The van der Waals surface area contributed by atoms with Gasteiger partial charge in [0.05, 0.1) is 12.3 Å². The van der Waals surface area contributed by atoms with Gasteiger partial charge in [0.1, 0.15) is 0 Å². The van der Waals surface area contributed by atoms with Gasteiger partial charge in [-0.1, -0.05) is 26.8 Å². The number of benzene rings is 1. The summed E-state index contributed by atoms with van der Waals surface area (Å²) in [6, 6.07) is 5.33. The highest BCUT2D eigenvalue weighted by atomic mass is 16.6. The van der Waals surface area contributed by atoms with E-state index < -0.39 is 12.1 Å². The Labute approximate surface area is 119 Å². The van der Waals surface area contributed by atoms with Crippen LogP contribution in [0, 0.1) is 0 Å². The lowest BCUT2D eigenvalue weighted by molar-refractivity contribution is -0.131. The number of anilines is 1. The molecule has 5 nitrogen and oxygen atoms in total. The van der Waals surface area contributed by atoms with Crippen molar-refractivity contribution in [2.24, 2.45) is 0 Å². The van der Waals surface area contributed by atoms with E-state index >= 15 is 0 Å². The Hall–Kier alpha value is -2.04. The summed E-state index contributed by atoms with van der Waals surface area (Å²) in [5.41, 5.74) is 1.35. The fourth-order valence-electron chi connectivity index (χ4n) is 1.62. The maximum atomic E-state index is 11.5. The molecular formula is C15H21NO4. The van der Waals surface area contributed by atoms with Crippen LogP contribution in [0.3, 0.4) is 0 Å². The smallest absolute Gasteiger partial charge is 0.411 e. The van der Waals surface area contributed by atoms with E-state index in [-0.39, 0.29) is 12.0 Å². The van der Waals surface area contributed by atoms with E-state index in [0.717, 1.165) is 5.56 Å². The third kappa shape index (κ3) is 4.57. The average Bonchev–Trinajstić information content (AvgIpc) is 2.29. The Bertz CT molecular complexity index is 503. The van der Waals surface area contributed by atoms with Gasteiger partial charge in [-0.3, -0.25) is 10.1 Å². The van der Waals surface area contributed by atoms with Crippen LogP contribution in [0.25, 0.3) is 0 Å². The van der Waals surface area contributed by atoms with Crippen LogP contribution >= 0.6 is 0 Å². The standard InChI is InChI=1S/C15H21NO4/c1-6-19-14(18)16-12-9-11(15(3,4)5)7-8-13(12)20-10(2)17/h7-9H,6H2,1-5H3,(H,16,18). The summed E-state index contributed by atoms with van der Waals surface area (Å²) in [5, 5.41) is 2.59. The summed E-state index contributed by atoms with van der Waals surface area (Å²) >= 11 is 0. The van der Waals surface area contributed by atoms with E-state index in [1.54, 1.807) is 19.1 Å². The highest BCUT2D eigenvalue weighted by molar-refractivity contribution is 5.88. The van der Waals surface area contributed by atoms with Crippen LogP contribution in [0.2, 0.25) is 0 Å². The number of nitrogens with one attached hydrogen (secondary N) is 1. The molecule has 110 valence electrons. The monoisotopic (exact) mass is 279 g/mol. The molecule has 0 aliphatic rings. The molecule has 1 amide bonds. The SMILES string of the molecule is CCOC(=O)Nc1cc(C(C)(C)C)ccc1OC(C)=O. The lowest BCUT2D eigenvalue weighted by Crippen LogP contribution is -2.17. The molecule has 1 N–H and O–H groups in total. The fraction of sp³-hybridized carbons (Fsp3) is 0.467. The molecule has 0 saturated carbocycles. The minimum Gasteiger partial charge on any atom is -0.450 e. The van der Waals surface area contributed by atoms with Gasteiger partial charge in [-0.2, -0.15) is 0 Å². The van der Waals surface area contributed by atoms with E-state index in [0.29, 0.717) is 11.4 Å². The molecule has 0 atom stereocenters. The first-order chi connectivity index (χ1) is 9.24. The normalized spacial score (nSPS) is 10.8. The van der Waals surface area contributed by atoms with Crippen LogP contribution in [0.15, 0.2) is 18.2 Å². The minimum absolute atomic E-state index is 0.0835. The zero-order chi connectivity index (χ0) is 15.3. The fourth-order valence-corrected chi connectivity index (χ4v) is 1.62. The van der Waals surface area contributed by atoms with Crippen molar-refractivity contribution in [1.29, 1.82) is 0 Å². The van der Waals surface area contributed by atoms with Crippen molar-refractivity contribution in [1.82, 2.24) is 0 Å². The summed E-state index contributed by atoms with van der Waals surface area (Å²) in [4.78, 5) is 22.6. The van der Waals surface area contributed by atoms with Crippen molar-refractivity contribution < 1.29 is 19.1 Å². The number of esters is 1. The molecule has 0 unspecified atom stereocenters. The van der Waals surface area contributed by atoms with E-state index in [2.05, 4.69) is 26.1 Å². The molecule has 1 aromatic rings. The van der Waals surface area contributed by atoms with Gasteiger partial charge in [0, 0.05) is 6.92 Å². The Kier molecular flexibility index (Phi) is 5.13. The van der Waals surface area contributed by atoms with Crippen LogP contribution in [-0.2, 0) is 14.9 Å². The van der Waals surface area contributed by atoms with Crippen LogP contribution in [0.4, 0.5) is 10.5 Å². The number of rotatable bonds is 3. The number of carbonyl (C=O) groups is 2. The predicted molar refractivity (Wildman–Crippen MR) is 77.1 cm³/mol. The number of hydrogen-bond donors (Lipinski definition) is 1. The summed E-state index contributed by atoms with van der Waals surface area (Å²) in [5.74, 6) is -0.140. The number of amides is 1. The zero-order valence-corrected chi connectivity index (χ0v) is 12.6. The van der Waals surface area contributed by atoms with Crippen LogP contribution < -0.4 is 10.1 Å². The molecule has 0 spiro atoms. The number of hydrogen-bond acceptors (Lipinski definition) is 4. The molecule has 0 aromatic heterocycles. The highest BCUT2D eigenvalue weighted by Crippen LogP contribution is 2.31. The molecule has 5 heteroatoms. The van der Waals surface area contributed by atoms with Crippen LogP contribution in [0.5, 0.6) is 5.75 Å². The first-order valence-electron chi connectivity index (χ1n) is 6.50. The van der Waals surface area contributed by atoms with Gasteiger partial charge < -0.3 is 9.47 Å². The van der Waals surface area contributed by atoms with Gasteiger partial charge >= 0.3 is 12.1 Å². The van der Waals surface area contributed by atoms with E-state index in [4.69, 9.17) is 9.47 Å². The first kappa shape index (κ1) is 16.0. The Balaban J connectivity index is 3.12. The summed E-state index contributed by atoms with van der Waals surface area (Å²) in [7, 11) is 0. The summed E-state index contributed by atoms with van der Waals surface area (Å²) in [6.45, 7) is 9.48. The highest BCUT2D eigenvalue weighted by Gasteiger charge is 2.18. The Morgan fingerprint density at radius 3 is 2.40 bits per heavy atom. The maximum absolute atomic E-state index is 11.5. The molecule has 20 heavy (non-hydrogen) atoms. The second kappa shape index (κ2) is 6.41. The Morgan fingerprint density at radius 2 is 1.90 bits per heavy atom. The molecule has 0 bridgehead atoms. The third-order valence-corrected chi connectivity index (χ3v) is 2.61. The molecule has 0 aliphatic heterocycles. The summed E-state index contributed by atoms with van der Waals surface area (Å²) in [6.07, 6.45) is -0.577. The van der Waals surface area contributed by atoms with Gasteiger partial charge in [0.25, 0.3) is 0 Å². The number of ether oxygens (including phenoxy) is 2. The molecule has 0 aliphatic carbocycles. The molecule has 0 fully saturated rings. The third-order valence-electron chi connectivity index (χ3n) is 2.61. The molecule has 1 aromatic carbocycles. The molecular weight excluding hydrogens is 258 g/mol.